The molecule has 0 spiro atoms. The lowest BCUT2D eigenvalue weighted by atomic mass is 9.50. The minimum absolute atomic E-state index is 0.0668. The number of carboxylic acids is 1. The molecule has 6 rings (SSSR count). The van der Waals surface area contributed by atoms with Crippen LogP contribution < -0.4 is 4.74 Å². The molecule has 0 atom stereocenters. The molecule has 5 saturated carbocycles. The number of carbonyl (C=O) groups excluding carboxylic acids is 1. The van der Waals surface area contributed by atoms with Crippen LogP contribution in [-0.4, -0.2) is 42.1 Å². The van der Waals surface area contributed by atoms with Gasteiger partial charge in [-0.2, -0.15) is 0 Å². The molecule has 1 aromatic rings. The van der Waals surface area contributed by atoms with Gasteiger partial charge in [0.15, 0.2) is 0 Å². The van der Waals surface area contributed by atoms with E-state index < -0.39 is 24.2 Å². The van der Waals surface area contributed by atoms with Gasteiger partial charge in [0.2, 0.25) is 0 Å². The van der Waals surface area contributed by atoms with Crippen LogP contribution in [0.1, 0.15) is 73.2 Å². The molecule has 6 heteroatoms. The smallest absolute Gasteiger partial charge is 0.323 e. The molecule has 1 N–H and O–H groups in total. The van der Waals surface area contributed by atoms with Crippen molar-refractivity contribution in [3.63, 3.8) is 0 Å². The van der Waals surface area contributed by atoms with E-state index in [-0.39, 0.29) is 11.0 Å². The number of carboxylic acid groups (broad SMARTS) is 1. The van der Waals surface area contributed by atoms with Crippen LogP contribution in [0.25, 0.3) is 0 Å². The van der Waals surface area contributed by atoms with Crippen LogP contribution in [0.3, 0.4) is 0 Å². The Balaban J connectivity index is 1.36. The third-order valence-electron chi connectivity index (χ3n) is 7.77. The molecule has 0 aromatic heterocycles. The molecule has 1 amide bonds. The Morgan fingerprint density at radius 2 is 1.73 bits per heavy atom. The van der Waals surface area contributed by atoms with E-state index in [1.807, 2.05) is 0 Å². The minimum Gasteiger partial charge on any atom is -0.493 e. The third kappa shape index (κ3) is 3.69. The molecule has 5 aliphatic carbocycles. The first kappa shape index (κ1) is 19.8. The van der Waals surface area contributed by atoms with Gasteiger partial charge in [-0.15, -0.1) is 0 Å². The quantitative estimate of drug-likeness (QED) is 0.714. The van der Waals surface area contributed by atoms with Crippen LogP contribution in [0, 0.1) is 29.0 Å². The largest absolute Gasteiger partial charge is 0.493 e. The Morgan fingerprint density at radius 1 is 1.13 bits per heavy atom. The number of hydrogen-bond acceptors (Lipinski definition) is 3. The van der Waals surface area contributed by atoms with Crippen molar-refractivity contribution < 1.29 is 23.8 Å². The number of halogens is 1. The molecular formula is C24H30FNO4. The average molecular weight is 416 g/mol. The summed E-state index contributed by atoms with van der Waals surface area (Å²) in [7, 11) is 1.38. The zero-order valence-corrected chi connectivity index (χ0v) is 17.5. The van der Waals surface area contributed by atoms with Crippen molar-refractivity contribution >= 4 is 11.9 Å². The summed E-state index contributed by atoms with van der Waals surface area (Å²) in [6.07, 6.45) is 9.85. The number of likely N-dealkylation sites (N-methyl/N-ethyl adjacent to an activating group) is 1. The van der Waals surface area contributed by atoms with Gasteiger partial charge < -0.3 is 14.7 Å². The number of benzene rings is 1. The first-order valence-corrected chi connectivity index (χ1v) is 11.3. The maximum atomic E-state index is 14.9. The van der Waals surface area contributed by atoms with Crippen molar-refractivity contribution in [2.24, 2.45) is 23.2 Å². The van der Waals surface area contributed by atoms with Crippen molar-refractivity contribution in [1.82, 2.24) is 4.90 Å². The van der Waals surface area contributed by atoms with E-state index in [2.05, 4.69) is 0 Å². The molecule has 162 valence electrons. The molecule has 5 fully saturated rings. The Labute approximate surface area is 176 Å². The van der Waals surface area contributed by atoms with Crippen molar-refractivity contribution in [1.29, 1.82) is 0 Å². The molecule has 5 nitrogen and oxygen atoms in total. The predicted octanol–water partition coefficient (Wildman–Crippen LogP) is 4.45. The minimum atomic E-state index is -1.12. The van der Waals surface area contributed by atoms with Gasteiger partial charge in [-0.05, 0) is 86.7 Å². The van der Waals surface area contributed by atoms with Crippen LogP contribution >= 0.6 is 0 Å². The summed E-state index contributed by atoms with van der Waals surface area (Å²) in [5.74, 6) is 1.02. The number of rotatable bonds is 7. The second-order valence-electron chi connectivity index (χ2n) is 10.4. The maximum Gasteiger partial charge on any atom is 0.323 e. The maximum absolute atomic E-state index is 14.9. The van der Waals surface area contributed by atoms with Crippen molar-refractivity contribution in [3.8, 4) is 5.75 Å². The summed E-state index contributed by atoms with van der Waals surface area (Å²) in [5, 5.41) is 8.92. The highest BCUT2D eigenvalue weighted by Crippen LogP contribution is 2.60. The molecule has 0 unspecified atom stereocenters. The second kappa shape index (κ2) is 7.24. The zero-order chi connectivity index (χ0) is 21.0. The van der Waals surface area contributed by atoms with Crippen molar-refractivity contribution in [3.05, 3.63) is 29.1 Å². The van der Waals surface area contributed by atoms with Gasteiger partial charge in [0, 0.05) is 18.5 Å². The molecule has 1 aromatic carbocycles. The average Bonchev–Trinajstić information content (AvgIpc) is 3.49. The highest BCUT2D eigenvalue weighted by Gasteiger charge is 2.51. The van der Waals surface area contributed by atoms with Crippen LogP contribution in [0.2, 0.25) is 0 Å². The molecule has 4 bridgehead atoms. The fraction of sp³-hybridized carbons (Fsp3) is 0.667. The number of hydrogen-bond donors (Lipinski definition) is 1. The summed E-state index contributed by atoms with van der Waals surface area (Å²) in [6, 6.07) is 2.96. The highest BCUT2D eigenvalue weighted by molar-refractivity contribution is 5.96. The third-order valence-corrected chi connectivity index (χ3v) is 7.77. The molecule has 0 radical (unpaired) electrons. The van der Waals surface area contributed by atoms with E-state index in [9.17, 15) is 14.0 Å². The topological polar surface area (TPSA) is 66.8 Å². The normalized spacial score (nSPS) is 31.6. The molecular weight excluding hydrogens is 385 g/mol. The Kier molecular flexibility index (Phi) is 4.79. The van der Waals surface area contributed by atoms with E-state index in [0.29, 0.717) is 18.3 Å². The van der Waals surface area contributed by atoms with E-state index in [1.165, 1.54) is 51.6 Å². The molecule has 0 heterocycles. The lowest BCUT2D eigenvalue weighted by Gasteiger charge is -2.56. The fourth-order valence-corrected chi connectivity index (χ4v) is 6.75. The summed E-state index contributed by atoms with van der Waals surface area (Å²) in [4.78, 5) is 24.5. The summed E-state index contributed by atoms with van der Waals surface area (Å²) in [6.45, 7) is 0.184. The lowest BCUT2D eigenvalue weighted by molar-refractivity contribution is -0.137. The van der Waals surface area contributed by atoms with Gasteiger partial charge in [0.25, 0.3) is 5.91 Å². The number of ether oxygens (including phenoxy) is 1. The van der Waals surface area contributed by atoms with Crippen LogP contribution in [0.5, 0.6) is 5.75 Å². The van der Waals surface area contributed by atoms with Gasteiger partial charge >= 0.3 is 5.97 Å². The summed E-state index contributed by atoms with van der Waals surface area (Å²) in [5.41, 5.74) is 1.07. The van der Waals surface area contributed by atoms with Gasteiger partial charge in [0.1, 0.15) is 18.1 Å². The first-order valence-electron chi connectivity index (χ1n) is 11.3. The fourth-order valence-electron chi connectivity index (χ4n) is 6.75. The van der Waals surface area contributed by atoms with Gasteiger partial charge in [-0.3, -0.25) is 9.59 Å². The number of amides is 1. The van der Waals surface area contributed by atoms with E-state index in [1.54, 1.807) is 6.07 Å². The SMILES string of the molecule is CN(CC(=O)O)C(=O)c1cc(C2CC2)c(OCC23CC4CC(CC(C4)C2)C3)cc1F. The highest BCUT2D eigenvalue weighted by atomic mass is 19.1. The van der Waals surface area contributed by atoms with Crippen LogP contribution in [0.4, 0.5) is 4.39 Å². The standard InChI is InChI=1S/C24H30FNO4/c1-26(12-22(27)28)23(29)19-7-18(17-2-3-17)21(8-20(19)25)30-13-24-9-14-4-15(10-24)6-16(5-14)11-24/h7-8,14-17H,2-6,9-13H2,1H3,(H,27,28). The number of carbonyl (C=O) groups is 2. The van der Waals surface area contributed by atoms with Gasteiger partial charge in [-0.1, -0.05) is 0 Å². The van der Waals surface area contributed by atoms with Crippen LogP contribution in [0.15, 0.2) is 12.1 Å². The lowest BCUT2D eigenvalue weighted by Crippen LogP contribution is -2.48. The molecule has 5 aliphatic rings. The zero-order valence-electron chi connectivity index (χ0n) is 17.5. The van der Waals surface area contributed by atoms with Gasteiger partial charge in [-0.25, -0.2) is 4.39 Å². The van der Waals surface area contributed by atoms with Gasteiger partial charge in [0.05, 0.1) is 12.2 Å². The number of aliphatic carboxylic acids is 1. The van der Waals surface area contributed by atoms with E-state index in [4.69, 9.17) is 9.84 Å². The Bertz CT molecular complexity index is 843. The first-order chi connectivity index (χ1) is 14.3. The Hall–Kier alpha value is -2.11. The summed E-state index contributed by atoms with van der Waals surface area (Å²) >= 11 is 0. The Morgan fingerprint density at radius 3 is 2.27 bits per heavy atom. The molecule has 0 saturated heterocycles. The van der Waals surface area contributed by atoms with Crippen molar-refractivity contribution in [2.45, 2.75) is 57.3 Å². The monoisotopic (exact) mass is 415 g/mol. The van der Waals surface area contributed by atoms with E-state index >= 15 is 0 Å². The summed E-state index contributed by atoms with van der Waals surface area (Å²) < 4.78 is 21.2. The van der Waals surface area contributed by atoms with Crippen molar-refractivity contribution in [2.75, 3.05) is 20.2 Å². The van der Waals surface area contributed by atoms with Crippen LogP contribution in [-0.2, 0) is 4.79 Å². The van der Waals surface area contributed by atoms with E-state index in [0.717, 1.165) is 41.1 Å². The molecule has 0 aliphatic heterocycles. The second-order valence-corrected chi connectivity index (χ2v) is 10.4. The predicted molar refractivity (Wildman–Crippen MR) is 109 cm³/mol. The molecule has 30 heavy (non-hydrogen) atoms. The number of nitrogens with zero attached hydrogens (tertiary/aromatic N) is 1.